The van der Waals surface area contributed by atoms with Gasteiger partial charge >= 0.3 is 0 Å². The molecule has 2 aromatic rings. The van der Waals surface area contributed by atoms with E-state index in [0.717, 1.165) is 17.4 Å². The van der Waals surface area contributed by atoms with E-state index in [1.807, 2.05) is 31.2 Å². The lowest BCUT2D eigenvalue weighted by Gasteiger charge is -2.01. The van der Waals surface area contributed by atoms with E-state index >= 15 is 0 Å². The van der Waals surface area contributed by atoms with E-state index in [9.17, 15) is 4.79 Å². The zero-order valence-electron chi connectivity index (χ0n) is 8.64. The van der Waals surface area contributed by atoms with Gasteiger partial charge in [0.05, 0.1) is 0 Å². The maximum absolute atomic E-state index is 10.9. The molecule has 1 aromatic carbocycles. The molecule has 1 aromatic heterocycles. The van der Waals surface area contributed by atoms with E-state index in [4.69, 9.17) is 0 Å². The summed E-state index contributed by atoms with van der Waals surface area (Å²) in [5.41, 5.74) is 3.18. The van der Waals surface area contributed by atoms with Crippen LogP contribution in [-0.4, -0.2) is 21.3 Å². The fourth-order valence-corrected chi connectivity index (χ4v) is 1.53. The number of hydrogen-bond acceptors (Lipinski definition) is 3. The highest BCUT2D eigenvalue weighted by atomic mass is 16.1. The van der Waals surface area contributed by atoms with Crippen LogP contribution in [0.5, 0.6) is 0 Å². The van der Waals surface area contributed by atoms with Gasteiger partial charge in [-0.25, -0.2) is 4.68 Å². The molecule has 0 saturated heterocycles. The first kappa shape index (κ1) is 9.58. The van der Waals surface area contributed by atoms with Gasteiger partial charge in [0.25, 0.3) is 0 Å². The van der Waals surface area contributed by atoms with Gasteiger partial charge in [-0.2, -0.15) is 0 Å². The second kappa shape index (κ2) is 3.65. The zero-order chi connectivity index (χ0) is 10.8. The molecule has 0 unspecified atom stereocenters. The van der Waals surface area contributed by atoms with Gasteiger partial charge < -0.3 is 0 Å². The van der Waals surface area contributed by atoms with Crippen molar-refractivity contribution in [2.24, 2.45) is 7.05 Å². The first-order valence-corrected chi connectivity index (χ1v) is 4.65. The van der Waals surface area contributed by atoms with Crippen LogP contribution in [0.2, 0.25) is 0 Å². The van der Waals surface area contributed by atoms with Crippen LogP contribution >= 0.6 is 0 Å². The second-order valence-corrected chi connectivity index (χ2v) is 3.38. The van der Waals surface area contributed by atoms with Crippen molar-refractivity contribution < 1.29 is 4.79 Å². The van der Waals surface area contributed by atoms with Gasteiger partial charge in [-0.3, -0.25) is 4.79 Å². The molecule has 4 heteroatoms. The molecule has 0 amide bonds. The highest BCUT2D eigenvalue weighted by Crippen LogP contribution is 2.22. The Morgan fingerprint density at radius 2 is 2.07 bits per heavy atom. The van der Waals surface area contributed by atoms with E-state index in [2.05, 4.69) is 10.3 Å². The van der Waals surface area contributed by atoms with Crippen LogP contribution in [0.4, 0.5) is 0 Å². The van der Waals surface area contributed by atoms with Gasteiger partial charge in [-0.15, -0.1) is 5.10 Å². The second-order valence-electron chi connectivity index (χ2n) is 3.38. The third-order valence-corrected chi connectivity index (χ3v) is 2.38. The van der Waals surface area contributed by atoms with E-state index in [0.29, 0.717) is 11.4 Å². The molecule has 0 radical (unpaired) electrons. The Hall–Kier alpha value is -1.97. The molecular formula is C11H11N3O. The molecule has 0 saturated carbocycles. The standard InChI is InChI=1S/C11H11N3O/c1-8-5-3-4-6-9(8)11-10(7-15)14(2)13-12-11/h3-7H,1-2H3. The van der Waals surface area contributed by atoms with Gasteiger partial charge in [-0.1, -0.05) is 29.5 Å². The smallest absolute Gasteiger partial charge is 0.170 e. The predicted molar refractivity (Wildman–Crippen MR) is 56.6 cm³/mol. The van der Waals surface area contributed by atoms with Crippen molar-refractivity contribution in [1.29, 1.82) is 0 Å². The van der Waals surface area contributed by atoms with Crippen molar-refractivity contribution in [2.75, 3.05) is 0 Å². The normalized spacial score (nSPS) is 10.3. The molecule has 0 bridgehead atoms. The third-order valence-electron chi connectivity index (χ3n) is 2.38. The van der Waals surface area contributed by atoms with E-state index in [-0.39, 0.29) is 0 Å². The number of aromatic nitrogens is 3. The van der Waals surface area contributed by atoms with Gasteiger partial charge in [-0.05, 0) is 12.5 Å². The number of rotatable bonds is 2. The number of hydrogen-bond donors (Lipinski definition) is 0. The summed E-state index contributed by atoms with van der Waals surface area (Å²) in [7, 11) is 1.71. The fraction of sp³-hybridized carbons (Fsp3) is 0.182. The maximum atomic E-state index is 10.9. The van der Waals surface area contributed by atoms with Crippen molar-refractivity contribution in [3.05, 3.63) is 35.5 Å². The molecular weight excluding hydrogens is 190 g/mol. The van der Waals surface area contributed by atoms with Crippen LogP contribution in [0.1, 0.15) is 16.1 Å². The van der Waals surface area contributed by atoms with Crippen LogP contribution in [0, 0.1) is 6.92 Å². The monoisotopic (exact) mass is 201 g/mol. The Morgan fingerprint density at radius 1 is 1.33 bits per heavy atom. The van der Waals surface area contributed by atoms with Crippen LogP contribution in [-0.2, 0) is 7.05 Å². The number of aldehydes is 1. The highest BCUT2D eigenvalue weighted by Gasteiger charge is 2.12. The molecule has 0 N–H and O–H groups in total. The summed E-state index contributed by atoms with van der Waals surface area (Å²) in [6, 6.07) is 7.80. The molecule has 0 aliphatic heterocycles. The average Bonchev–Trinajstić information content (AvgIpc) is 2.60. The topological polar surface area (TPSA) is 47.8 Å². The predicted octanol–water partition coefficient (Wildman–Crippen LogP) is 1.60. The minimum Gasteiger partial charge on any atom is -0.296 e. The van der Waals surface area contributed by atoms with E-state index in [1.54, 1.807) is 7.05 Å². The lowest BCUT2D eigenvalue weighted by atomic mass is 10.0. The molecule has 4 nitrogen and oxygen atoms in total. The first-order valence-electron chi connectivity index (χ1n) is 4.65. The zero-order valence-corrected chi connectivity index (χ0v) is 8.64. The fourth-order valence-electron chi connectivity index (χ4n) is 1.53. The average molecular weight is 201 g/mol. The molecule has 0 atom stereocenters. The summed E-state index contributed by atoms with van der Waals surface area (Å²) in [5, 5.41) is 7.84. The lowest BCUT2D eigenvalue weighted by Crippen LogP contribution is -1.97. The highest BCUT2D eigenvalue weighted by molar-refractivity contribution is 5.84. The maximum Gasteiger partial charge on any atom is 0.170 e. The number of aryl methyl sites for hydroxylation is 2. The van der Waals surface area contributed by atoms with Crippen molar-refractivity contribution in [2.45, 2.75) is 6.92 Å². The van der Waals surface area contributed by atoms with Crippen molar-refractivity contribution >= 4 is 6.29 Å². The van der Waals surface area contributed by atoms with E-state index in [1.165, 1.54) is 4.68 Å². The Morgan fingerprint density at radius 3 is 2.73 bits per heavy atom. The SMILES string of the molecule is Cc1ccccc1-c1nnn(C)c1C=O. The number of carbonyl (C=O) groups is 1. The summed E-state index contributed by atoms with van der Waals surface area (Å²) in [4.78, 5) is 10.9. The molecule has 1 heterocycles. The first-order chi connectivity index (χ1) is 7.24. The largest absolute Gasteiger partial charge is 0.296 e. The van der Waals surface area contributed by atoms with Gasteiger partial charge in [0.1, 0.15) is 11.4 Å². The Labute approximate surface area is 87.5 Å². The number of nitrogens with zero attached hydrogens (tertiary/aromatic N) is 3. The molecule has 0 spiro atoms. The molecule has 0 aliphatic carbocycles. The summed E-state index contributed by atoms with van der Waals surface area (Å²) in [5.74, 6) is 0. The third kappa shape index (κ3) is 1.54. The minimum atomic E-state index is 0.504. The van der Waals surface area contributed by atoms with Gasteiger partial charge in [0.15, 0.2) is 6.29 Å². The van der Waals surface area contributed by atoms with Crippen molar-refractivity contribution in [3.8, 4) is 11.3 Å². The molecule has 0 fully saturated rings. The minimum absolute atomic E-state index is 0.504. The summed E-state index contributed by atoms with van der Waals surface area (Å²) in [6.07, 6.45) is 0.780. The lowest BCUT2D eigenvalue weighted by molar-refractivity contribution is 0.111. The van der Waals surface area contributed by atoms with Crippen molar-refractivity contribution in [3.63, 3.8) is 0 Å². The summed E-state index contributed by atoms with van der Waals surface area (Å²) < 4.78 is 1.48. The van der Waals surface area contributed by atoms with Crippen LogP contribution in [0.3, 0.4) is 0 Å². The van der Waals surface area contributed by atoms with Crippen LogP contribution in [0.25, 0.3) is 11.3 Å². The Bertz CT molecular complexity index is 502. The molecule has 0 aliphatic rings. The van der Waals surface area contributed by atoms with Crippen LogP contribution < -0.4 is 0 Å². The molecule has 15 heavy (non-hydrogen) atoms. The Balaban J connectivity index is 2.64. The number of benzene rings is 1. The van der Waals surface area contributed by atoms with Gasteiger partial charge in [0.2, 0.25) is 0 Å². The Kier molecular flexibility index (Phi) is 2.33. The van der Waals surface area contributed by atoms with E-state index < -0.39 is 0 Å². The summed E-state index contributed by atoms with van der Waals surface area (Å²) >= 11 is 0. The summed E-state index contributed by atoms with van der Waals surface area (Å²) in [6.45, 7) is 1.98. The number of carbonyl (C=O) groups excluding carboxylic acids is 1. The van der Waals surface area contributed by atoms with Crippen molar-refractivity contribution in [1.82, 2.24) is 15.0 Å². The molecule has 2 rings (SSSR count). The van der Waals surface area contributed by atoms with Gasteiger partial charge in [0, 0.05) is 12.6 Å². The quantitative estimate of drug-likeness (QED) is 0.693. The molecule has 76 valence electrons. The van der Waals surface area contributed by atoms with Crippen LogP contribution in [0.15, 0.2) is 24.3 Å².